The van der Waals surface area contributed by atoms with Gasteiger partial charge in [0.15, 0.2) is 0 Å². The Balaban J connectivity index is 1.50. The molecule has 1 fully saturated rings. The van der Waals surface area contributed by atoms with Gasteiger partial charge in [0.05, 0.1) is 12.8 Å². The molecule has 0 spiro atoms. The Morgan fingerprint density at radius 1 is 1.06 bits per heavy atom. The number of rotatable bonds is 5. The summed E-state index contributed by atoms with van der Waals surface area (Å²) < 4.78 is 6.83. The molecule has 0 atom stereocenters. The number of hydrogen-bond acceptors (Lipinski definition) is 4. The number of carbonyl (C=O) groups excluding carboxylic acids is 1. The molecule has 3 aromatic rings. The van der Waals surface area contributed by atoms with Crippen LogP contribution in [0.3, 0.4) is 0 Å². The first kappa shape index (κ1) is 20.3. The number of benzene rings is 2. The van der Waals surface area contributed by atoms with Crippen LogP contribution >= 0.6 is 0 Å². The number of methoxy groups -OCH3 is 1. The molecule has 7 heteroatoms. The highest BCUT2D eigenvalue weighted by Gasteiger charge is 2.46. The Kier molecular flexibility index (Phi) is 4.75. The maximum absolute atomic E-state index is 13.6. The van der Waals surface area contributed by atoms with Crippen molar-refractivity contribution in [1.82, 2.24) is 14.7 Å². The molecule has 1 amide bonds. The van der Waals surface area contributed by atoms with Gasteiger partial charge >= 0.3 is 0 Å². The van der Waals surface area contributed by atoms with Crippen molar-refractivity contribution in [2.75, 3.05) is 32.6 Å². The SMILES string of the molecule is [C-]#[N+]c1nn(-c2ccc(OC)cc2)c2c1CCN(c1ccc(C3(N(C)C)CC3)cc1)C2=O. The van der Waals surface area contributed by atoms with Gasteiger partial charge in [0.25, 0.3) is 11.7 Å². The van der Waals surface area contributed by atoms with Crippen LogP contribution in [0.2, 0.25) is 0 Å². The summed E-state index contributed by atoms with van der Waals surface area (Å²) in [5.41, 5.74) is 4.20. The predicted molar refractivity (Wildman–Crippen MR) is 123 cm³/mol. The lowest BCUT2D eigenvalue weighted by Gasteiger charge is -2.29. The van der Waals surface area contributed by atoms with Gasteiger partial charge < -0.3 is 14.5 Å². The minimum absolute atomic E-state index is 0.133. The van der Waals surface area contributed by atoms with E-state index in [0.29, 0.717) is 24.5 Å². The van der Waals surface area contributed by atoms with Crippen LogP contribution in [0, 0.1) is 6.57 Å². The van der Waals surface area contributed by atoms with Crippen molar-refractivity contribution < 1.29 is 9.53 Å². The molecule has 2 heterocycles. The quantitative estimate of drug-likeness (QED) is 0.573. The van der Waals surface area contributed by atoms with E-state index in [1.807, 2.05) is 36.4 Å². The van der Waals surface area contributed by atoms with E-state index in [1.54, 1.807) is 16.7 Å². The van der Waals surface area contributed by atoms with Crippen LogP contribution in [0.4, 0.5) is 11.5 Å². The van der Waals surface area contributed by atoms with Gasteiger partial charge in [-0.1, -0.05) is 18.7 Å². The number of aromatic nitrogens is 2. The predicted octanol–water partition coefficient (Wildman–Crippen LogP) is 4.19. The van der Waals surface area contributed by atoms with Crippen molar-refractivity contribution in [1.29, 1.82) is 0 Å². The van der Waals surface area contributed by atoms with E-state index in [0.717, 1.165) is 35.5 Å². The Morgan fingerprint density at radius 2 is 1.72 bits per heavy atom. The van der Waals surface area contributed by atoms with Gasteiger partial charge in [-0.15, -0.1) is 0 Å². The fourth-order valence-electron chi connectivity index (χ4n) is 4.65. The molecule has 1 aliphatic carbocycles. The maximum Gasteiger partial charge on any atom is 0.300 e. The number of nitrogens with zero attached hydrogens (tertiary/aromatic N) is 5. The lowest BCUT2D eigenvalue weighted by molar-refractivity contribution is 0.0973. The topological polar surface area (TPSA) is 55.0 Å². The third-order valence-electron chi connectivity index (χ3n) is 6.71. The third kappa shape index (κ3) is 3.07. The van der Waals surface area contributed by atoms with Crippen LogP contribution in [0.1, 0.15) is 34.5 Å². The zero-order valence-electron chi connectivity index (χ0n) is 18.5. The Labute approximate surface area is 187 Å². The van der Waals surface area contributed by atoms with Crippen LogP contribution in [-0.2, 0) is 12.0 Å². The van der Waals surface area contributed by atoms with Crippen LogP contribution in [0.5, 0.6) is 5.75 Å². The molecule has 0 N–H and O–H groups in total. The summed E-state index contributed by atoms with van der Waals surface area (Å²) in [6.45, 7) is 8.06. The van der Waals surface area contributed by atoms with E-state index >= 15 is 0 Å². The number of fused-ring (bicyclic) bond motifs is 1. The molecule has 162 valence electrons. The van der Waals surface area contributed by atoms with E-state index in [9.17, 15) is 4.79 Å². The average Bonchev–Trinajstić information content (AvgIpc) is 3.55. The molecule has 0 unspecified atom stereocenters. The fraction of sp³-hybridized carbons (Fsp3) is 0.320. The smallest absolute Gasteiger partial charge is 0.300 e. The lowest BCUT2D eigenvalue weighted by Crippen LogP contribution is -2.38. The molecule has 1 aliphatic heterocycles. The molecule has 7 nitrogen and oxygen atoms in total. The monoisotopic (exact) mass is 427 g/mol. The van der Waals surface area contributed by atoms with E-state index in [4.69, 9.17) is 11.3 Å². The summed E-state index contributed by atoms with van der Waals surface area (Å²) in [6.07, 6.45) is 2.91. The standard InChI is InChI=1S/C25H25N5O2/c1-26-23-21-13-16-29(18-7-5-17(6-8-18)25(14-15-25)28(2)3)24(31)22(21)30(27-23)19-9-11-20(32-4)12-10-19/h5-12H,13-16H2,2-4H3. The zero-order valence-corrected chi connectivity index (χ0v) is 18.5. The molecule has 2 aromatic carbocycles. The highest BCUT2D eigenvalue weighted by molar-refractivity contribution is 6.08. The molecule has 0 saturated heterocycles. The lowest BCUT2D eigenvalue weighted by atomic mass is 10.0. The summed E-state index contributed by atoms with van der Waals surface area (Å²) in [7, 11) is 5.84. The van der Waals surface area contributed by atoms with Crippen LogP contribution < -0.4 is 9.64 Å². The number of amides is 1. The first-order chi connectivity index (χ1) is 15.5. The van der Waals surface area contributed by atoms with Crippen molar-refractivity contribution in [2.24, 2.45) is 0 Å². The second-order valence-electron chi connectivity index (χ2n) is 8.55. The number of carbonyl (C=O) groups is 1. The second-order valence-corrected chi connectivity index (χ2v) is 8.55. The molecular weight excluding hydrogens is 402 g/mol. The van der Waals surface area contributed by atoms with Crippen molar-refractivity contribution >= 4 is 17.4 Å². The minimum atomic E-state index is -0.133. The Bertz CT molecular complexity index is 1210. The zero-order chi connectivity index (χ0) is 22.5. The van der Waals surface area contributed by atoms with Gasteiger partial charge in [-0.2, -0.15) is 4.68 Å². The van der Waals surface area contributed by atoms with Crippen LogP contribution in [-0.4, -0.2) is 48.3 Å². The first-order valence-corrected chi connectivity index (χ1v) is 10.7. The number of ether oxygens (including phenoxy) is 1. The van der Waals surface area contributed by atoms with Crippen molar-refractivity contribution in [3.8, 4) is 11.4 Å². The van der Waals surface area contributed by atoms with Gasteiger partial charge in [-0.3, -0.25) is 9.69 Å². The molecule has 5 rings (SSSR count). The summed E-state index contributed by atoms with van der Waals surface area (Å²) in [6, 6.07) is 15.7. The van der Waals surface area contributed by atoms with Crippen LogP contribution in [0.25, 0.3) is 10.5 Å². The minimum Gasteiger partial charge on any atom is -0.497 e. The Hall–Kier alpha value is -3.63. The molecule has 1 aromatic heterocycles. The van der Waals surface area contributed by atoms with Gasteiger partial charge in [0, 0.05) is 23.3 Å². The Morgan fingerprint density at radius 3 is 2.28 bits per heavy atom. The largest absolute Gasteiger partial charge is 0.497 e. The van der Waals surface area contributed by atoms with Gasteiger partial charge in [-0.05, 0) is 80.4 Å². The van der Waals surface area contributed by atoms with Crippen molar-refractivity contribution in [3.63, 3.8) is 0 Å². The maximum atomic E-state index is 13.6. The van der Waals surface area contributed by atoms with Gasteiger partial charge in [-0.25, -0.2) is 0 Å². The first-order valence-electron chi connectivity index (χ1n) is 10.7. The average molecular weight is 428 g/mol. The molecule has 0 radical (unpaired) electrons. The molecule has 32 heavy (non-hydrogen) atoms. The molecular formula is C25H25N5O2. The van der Waals surface area contributed by atoms with Crippen LogP contribution in [0.15, 0.2) is 48.5 Å². The normalized spacial score (nSPS) is 16.6. The molecule has 1 saturated carbocycles. The van der Waals surface area contributed by atoms with Gasteiger partial charge in [0.1, 0.15) is 11.4 Å². The fourth-order valence-corrected chi connectivity index (χ4v) is 4.65. The second kappa shape index (κ2) is 7.50. The van der Waals surface area contributed by atoms with Crippen molar-refractivity contribution in [2.45, 2.75) is 24.8 Å². The third-order valence-corrected chi connectivity index (χ3v) is 6.71. The summed E-state index contributed by atoms with van der Waals surface area (Å²) in [5.74, 6) is 0.881. The van der Waals surface area contributed by atoms with E-state index in [2.05, 4.69) is 41.1 Å². The van der Waals surface area contributed by atoms with E-state index in [1.165, 1.54) is 5.56 Å². The highest BCUT2D eigenvalue weighted by atomic mass is 16.5. The molecule has 0 bridgehead atoms. The van der Waals surface area contributed by atoms with Crippen molar-refractivity contribution in [3.05, 3.63) is 76.8 Å². The number of hydrogen-bond donors (Lipinski definition) is 0. The summed E-state index contributed by atoms with van der Waals surface area (Å²) >= 11 is 0. The van der Waals surface area contributed by atoms with E-state index in [-0.39, 0.29) is 11.4 Å². The van der Waals surface area contributed by atoms with E-state index < -0.39 is 0 Å². The summed E-state index contributed by atoms with van der Waals surface area (Å²) in [4.78, 5) is 21.2. The number of anilines is 1. The van der Waals surface area contributed by atoms with Gasteiger partial charge in [0.2, 0.25) is 0 Å². The summed E-state index contributed by atoms with van der Waals surface area (Å²) in [5, 5.41) is 4.46. The molecule has 2 aliphatic rings. The highest BCUT2D eigenvalue weighted by Crippen LogP contribution is 2.49.